The van der Waals surface area contributed by atoms with E-state index in [1.165, 1.54) is 16.3 Å². The molecule has 3 aromatic rings. The molecular weight excluding hydrogens is 529 g/mol. The molecule has 0 radical (unpaired) electrons. The number of phenolic OH excluding ortho intramolecular Hbond substituents is 1. The van der Waals surface area contributed by atoms with Gasteiger partial charge in [-0.05, 0) is 60.7 Å². The van der Waals surface area contributed by atoms with Crippen molar-refractivity contribution in [3.63, 3.8) is 0 Å². The molecule has 0 atom stereocenters. The Morgan fingerprint density at radius 1 is 1.00 bits per heavy atom. The van der Waals surface area contributed by atoms with E-state index in [4.69, 9.17) is 11.6 Å². The molecule has 9 heteroatoms. The fourth-order valence-electron chi connectivity index (χ4n) is 3.00. The SMILES string of the molecule is CN(C)c1ccc(C2=NN(c3ccc(Cl)cc3)N(C(=O)c3ccccc3O)N2)cc1.I. The van der Waals surface area contributed by atoms with Gasteiger partial charge in [0.25, 0.3) is 5.91 Å². The van der Waals surface area contributed by atoms with E-state index in [-0.39, 0.29) is 35.3 Å². The van der Waals surface area contributed by atoms with Crippen LogP contribution in [0.1, 0.15) is 15.9 Å². The summed E-state index contributed by atoms with van der Waals surface area (Å²) in [6.07, 6.45) is 0. The smallest absolute Gasteiger partial charge is 0.297 e. The minimum atomic E-state index is -0.452. The van der Waals surface area contributed by atoms with Crippen LogP contribution in [0.4, 0.5) is 11.4 Å². The van der Waals surface area contributed by atoms with Gasteiger partial charge in [0.05, 0.1) is 11.3 Å². The third-order valence-corrected chi connectivity index (χ3v) is 4.89. The zero-order valence-electron chi connectivity index (χ0n) is 16.9. The number of amides is 1. The van der Waals surface area contributed by atoms with E-state index >= 15 is 0 Å². The summed E-state index contributed by atoms with van der Waals surface area (Å²) in [7, 11) is 3.94. The highest BCUT2D eigenvalue weighted by molar-refractivity contribution is 14.0. The quantitative estimate of drug-likeness (QED) is 0.470. The first-order valence-electron chi connectivity index (χ1n) is 9.25. The number of amidine groups is 1. The molecule has 0 aliphatic carbocycles. The molecule has 0 unspecified atom stereocenters. The Kier molecular flexibility index (Phi) is 6.91. The van der Waals surface area contributed by atoms with Gasteiger partial charge in [-0.25, -0.2) is 0 Å². The van der Waals surface area contributed by atoms with E-state index in [1.54, 1.807) is 42.5 Å². The average molecular weight is 550 g/mol. The Bertz CT molecular complexity index is 1100. The summed E-state index contributed by atoms with van der Waals surface area (Å²) in [5, 5.41) is 18.0. The Morgan fingerprint density at radius 2 is 1.65 bits per heavy atom. The number of halogens is 2. The first-order valence-corrected chi connectivity index (χ1v) is 9.63. The maximum absolute atomic E-state index is 13.2. The number of hydrogen-bond donors (Lipinski definition) is 2. The van der Waals surface area contributed by atoms with Crippen LogP contribution in [-0.2, 0) is 0 Å². The molecular formula is C22H21ClIN5O2. The molecule has 1 aliphatic rings. The maximum Gasteiger partial charge on any atom is 0.297 e. The van der Waals surface area contributed by atoms with Gasteiger partial charge in [0, 0.05) is 30.4 Å². The molecule has 2 N–H and O–H groups in total. The lowest BCUT2D eigenvalue weighted by Crippen LogP contribution is -2.48. The van der Waals surface area contributed by atoms with Gasteiger partial charge < -0.3 is 10.0 Å². The Balaban J connectivity index is 0.00000272. The number of hydrazine groups is 2. The van der Waals surface area contributed by atoms with Crippen LogP contribution >= 0.6 is 35.6 Å². The Labute approximate surface area is 202 Å². The number of hydrazone groups is 1. The summed E-state index contributed by atoms with van der Waals surface area (Å²) >= 11 is 6.01. The predicted octanol–water partition coefficient (Wildman–Crippen LogP) is 4.47. The van der Waals surface area contributed by atoms with Crippen molar-refractivity contribution in [1.82, 2.24) is 10.5 Å². The lowest BCUT2D eigenvalue weighted by atomic mass is 10.2. The summed E-state index contributed by atoms with van der Waals surface area (Å²) < 4.78 is 0. The van der Waals surface area contributed by atoms with Crippen LogP contribution < -0.4 is 15.4 Å². The van der Waals surface area contributed by atoms with Gasteiger partial charge >= 0.3 is 0 Å². The minimum Gasteiger partial charge on any atom is -0.507 e. The third kappa shape index (κ3) is 4.70. The second-order valence-electron chi connectivity index (χ2n) is 6.90. The minimum absolute atomic E-state index is 0. The first kappa shape index (κ1) is 22.7. The lowest BCUT2D eigenvalue weighted by Gasteiger charge is -2.26. The highest BCUT2D eigenvalue weighted by Gasteiger charge is 2.32. The molecule has 1 heterocycles. The molecule has 0 fully saturated rings. The van der Waals surface area contributed by atoms with Crippen molar-refractivity contribution < 1.29 is 9.90 Å². The zero-order valence-corrected chi connectivity index (χ0v) is 19.9. The number of anilines is 2. The van der Waals surface area contributed by atoms with Gasteiger partial charge in [-0.2, -0.15) is 0 Å². The summed E-state index contributed by atoms with van der Waals surface area (Å²) in [6.45, 7) is 0. The van der Waals surface area contributed by atoms with Crippen molar-refractivity contribution in [2.24, 2.45) is 5.10 Å². The number of rotatable bonds is 4. The highest BCUT2D eigenvalue weighted by Crippen LogP contribution is 2.26. The maximum atomic E-state index is 13.2. The standard InChI is InChI=1S/C22H20ClN5O2.HI/c1-26(2)17-11-7-15(8-12-17)21-24-27(18-13-9-16(23)10-14-18)28(25-21)22(30)19-5-3-4-6-20(19)29;/h3-14,29H,1-2H3,(H,24,25);1H. The van der Waals surface area contributed by atoms with E-state index in [9.17, 15) is 9.90 Å². The molecule has 0 aromatic heterocycles. The molecule has 0 saturated heterocycles. The average Bonchev–Trinajstić information content (AvgIpc) is 3.19. The fraction of sp³-hybridized carbons (Fsp3) is 0.0909. The van der Waals surface area contributed by atoms with E-state index in [0.29, 0.717) is 16.5 Å². The van der Waals surface area contributed by atoms with E-state index < -0.39 is 5.91 Å². The topological polar surface area (TPSA) is 71.4 Å². The van der Waals surface area contributed by atoms with Gasteiger partial charge in [-0.1, -0.05) is 23.7 Å². The molecule has 1 aliphatic heterocycles. The van der Waals surface area contributed by atoms with Gasteiger partial charge in [-0.15, -0.1) is 39.3 Å². The number of carbonyl (C=O) groups is 1. The highest BCUT2D eigenvalue weighted by atomic mass is 127. The molecule has 3 aromatic carbocycles. The van der Waals surface area contributed by atoms with Crippen LogP contribution in [-0.4, -0.2) is 36.1 Å². The number of benzene rings is 3. The van der Waals surface area contributed by atoms with E-state index in [0.717, 1.165) is 11.3 Å². The molecule has 7 nitrogen and oxygen atoms in total. The fourth-order valence-corrected chi connectivity index (χ4v) is 3.13. The summed E-state index contributed by atoms with van der Waals surface area (Å²) in [6, 6.07) is 21.1. The van der Waals surface area contributed by atoms with Crippen molar-refractivity contribution in [2.45, 2.75) is 0 Å². The van der Waals surface area contributed by atoms with E-state index in [1.807, 2.05) is 43.3 Å². The second-order valence-corrected chi connectivity index (χ2v) is 7.34. The van der Waals surface area contributed by atoms with Crippen molar-refractivity contribution in [2.75, 3.05) is 24.1 Å². The van der Waals surface area contributed by atoms with Gasteiger partial charge in [0.15, 0.2) is 5.84 Å². The largest absolute Gasteiger partial charge is 0.507 e. The lowest BCUT2D eigenvalue weighted by molar-refractivity contribution is 0.0707. The Morgan fingerprint density at radius 3 is 2.26 bits per heavy atom. The Hall–Kier alpha value is -2.98. The number of aromatic hydroxyl groups is 1. The van der Waals surface area contributed by atoms with Crippen LogP contribution in [0.2, 0.25) is 5.02 Å². The summed E-state index contributed by atoms with van der Waals surface area (Å²) in [4.78, 5) is 15.2. The first-order chi connectivity index (χ1) is 14.4. The molecule has 4 rings (SSSR count). The normalized spacial score (nSPS) is 12.7. The van der Waals surface area contributed by atoms with E-state index in [2.05, 4.69) is 10.5 Å². The number of phenols is 1. The van der Waals surface area contributed by atoms with Crippen molar-refractivity contribution in [3.05, 3.63) is 88.9 Å². The van der Waals surface area contributed by atoms with Crippen molar-refractivity contribution >= 4 is 58.7 Å². The molecule has 31 heavy (non-hydrogen) atoms. The number of nitrogens with zero attached hydrogens (tertiary/aromatic N) is 4. The van der Waals surface area contributed by atoms with Gasteiger partial charge in [0.1, 0.15) is 5.75 Å². The monoisotopic (exact) mass is 549 g/mol. The molecule has 0 spiro atoms. The molecule has 0 bridgehead atoms. The second kappa shape index (κ2) is 9.44. The van der Waals surface area contributed by atoms with Crippen LogP contribution in [0, 0.1) is 0 Å². The predicted molar refractivity (Wildman–Crippen MR) is 134 cm³/mol. The van der Waals surface area contributed by atoms with Crippen LogP contribution in [0.15, 0.2) is 77.9 Å². The zero-order chi connectivity index (χ0) is 21.3. The van der Waals surface area contributed by atoms with Crippen LogP contribution in [0.3, 0.4) is 0 Å². The van der Waals surface area contributed by atoms with Crippen molar-refractivity contribution in [1.29, 1.82) is 0 Å². The van der Waals surface area contributed by atoms with Crippen LogP contribution in [0.25, 0.3) is 0 Å². The summed E-state index contributed by atoms with van der Waals surface area (Å²) in [5.74, 6) is -0.0603. The number of para-hydroxylation sites is 1. The summed E-state index contributed by atoms with van der Waals surface area (Å²) in [5.41, 5.74) is 5.70. The number of nitrogens with one attached hydrogen (secondary N) is 1. The van der Waals surface area contributed by atoms with Crippen molar-refractivity contribution in [3.8, 4) is 5.75 Å². The number of hydrogen-bond acceptors (Lipinski definition) is 6. The number of carbonyl (C=O) groups excluding carboxylic acids is 1. The third-order valence-electron chi connectivity index (χ3n) is 4.64. The molecule has 1 amide bonds. The van der Waals surface area contributed by atoms with Gasteiger partial charge in [0.2, 0.25) is 0 Å². The van der Waals surface area contributed by atoms with Crippen LogP contribution in [0.5, 0.6) is 5.75 Å². The van der Waals surface area contributed by atoms with Gasteiger partial charge in [-0.3, -0.25) is 10.2 Å². The molecule has 0 saturated carbocycles. The molecule has 160 valence electrons.